The van der Waals surface area contributed by atoms with Gasteiger partial charge < -0.3 is 15.9 Å². The molecule has 1 aromatic heterocycles. The number of hydrogen-bond donors (Lipinski definition) is 2. The predicted octanol–water partition coefficient (Wildman–Crippen LogP) is 4.25. The molecular formula is C20H17N3O. The molecule has 0 aliphatic rings. The molecule has 0 spiro atoms. The van der Waals surface area contributed by atoms with Gasteiger partial charge in [0.1, 0.15) is 5.52 Å². The molecule has 0 aliphatic heterocycles. The number of benzene rings is 3. The number of aromatic nitrogens is 1. The normalized spacial score (nSPS) is 11.0. The van der Waals surface area contributed by atoms with Crippen LogP contribution in [0.25, 0.3) is 22.6 Å². The van der Waals surface area contributed by atoms with Gasteiger partial charge in [0.2, 0.25) is 5.89 Å². The van der Waals surface area contributed by atoms with E-state index in [1.54, 1.807) is 6.07 Å². The fraction of sp³-hybridized carbons (Fsp3) is 0.0500. The summed E-state index contributed by atoms with van der Waals surface area (Å²) in [5, 5.41) is 0. The van der Waals surface area contributed by atoms with Crippen LogP contribution in [0.1, 0.15) is 11.1 Å². The molecule has 4 N–H and O–H groups in total. The molecule has 0 radical (unpaired) electrons. The third-order valence-corrected chi connectivity index (χ3v) is 3.96. The van der Waals surface area contributed by atoms with E-state index in [0.29, 0.717) is 17.3 Å². The van der Waals surface area contributed by atoms with Gasteiger partial charge in [-0.1, -0.05) is 42.5 Å². The summed E-state index contributed by atoms with van der Waals surface area (Å²) < 4.78 is 6.05. The van der Waals surface area contributed by atoms with Crippen molar-refractivity contribution in [2.24, 2.45) is 0 Å². The molecule has 0 saturated heterocycles. The molecule has 0 amide bonds. The van der Waals surface area contributed by atoms with E-state index in [1.807, 2.05) is 42.5 Å². The molecular weight excluding hydrogens is 298 g/mol. The molecule has 4 nitrogen and oxygen atoms in total. The topological polar surface area (TPSA) is 78.1 Å². The largest absolute Gasteiger partial charge is 0.436 e. The van der Waals surface area contributed by atoms with Crippen LogP contribution >= 0.6 is 0 Å². The van der Waals surface area contributed by atoms with E-state index in [4.69, 9.17) is 15.9 Å². The van der Waals surface area contributed by atoms with E-state index in [2.05, 4.69) is 23.2 Å². The van der Waals surface area contributed by atoms with Gasteiger partial charge in [-0.15, -0.1) is 0 Å². The standard InChI is InChI=1S/C20H17N3O/c21-16-10-15(11-17(22)12-16)20-23-18-8-4-7-14(19(18)24-20)9-13-5-2-1-3-6-13/h1-8,10-12H,9,21-22H2. The van der Waals surface area contributed by atoms with Crippen molar-refractivity contribution >= 4 is 22.5 Å². The first-order chi connectivity index (χ1) is 11.7. The first-order valence-corrected chi connectivity index (χ1v) is 7.78. The highest BCUT2D eigenvalue weighted by Crippen LogP contribution is 2.30. The van der Waals surface area contributed by atoms with E-state index < -0.39 is 0 Å². The quantitative estimate of drug-likeness (QED) is 0.554. The van der Waals surface area contributed by atoms with Crippen LogP contribution in [0.4, 0.5) is 11.4 Å². The summed E-state index contributed by atoms with van der Waals surface area (Å²) in [6, 6.07) is 21.7. The highest BCUT2D eigenvalue weighted by molar-refractivity contribution is 5.80. The Morgan fingerprint density at radius 2 is 1.58 bits per heavy atom. The summed E-state index contributed by atoms with van der Waals surface area (Å²) in [5.74, 6) is 0.532. The molecule has 0 bridgehead atoms. The van der Waals surface area contributed by atoms with Gasteiger partial charge in [-0.25, -0.2) is 4.98 Å². The highest BCUT2D eigenvalue weighted by Gasteiger charge is 2.12. The van der Waals surface area contributed by atoms with Crippen LogP contribution in [0.2, 0.25) is 0 Å². The summed E-state index contributed by atoms with van der Waals surface area (Å²) in [5.41, 5.74) is 17.7. The second-order valence-electron chi connectivity index (χ2n) is 5.84. The highest BCUT2D eigenvalue weighted by atomic mass is 16.3. The maximum Gasteiger partial charge on any atom is 0.227 e. The minimum atomic E-state index is 0.532. The van der Waals surface area contributed by atoms with Crippen LogP contribution in [0.5, 0.6) is 0 Å². The van der Waals surface area contributed by atoms with E-state index in [0.717, 1.165) is 28.6 Å². The van der Waals surface area contributed by atoms with Crippen LogP contribution in [0.3, 0.4) is 0 Å². The summed E-state index contributed by atoms with van der Waals surface area (Å²) >= 11 is 0. The molecule has 4 rings (SSSR count). The van der Waals surface area contributed by atoms with Crippen molar-refractivity contribution in [3.05, 3.63) is 77.9 Å². The third kappa shape index (κ3) is 2.70. The molecule has 0 aliphatic carbocycles. The fourth-order valence-corrected chi connectivity index (χ4v) is 2.88. The molecule has 1 heterocycles. The second-order valence-corrected chi connectivity index (χ2v) is 5.84. The van der Waals surface area contributed by atoms with Gasteiger partial charge in [-0.3, -0.25) is 0 Å². The smallest absolute Gasteiger partial charge is 0.227 e. The maximum atomic E-state index is 6.05. The van der Waals surface area contributed by atoms with Gasteiger partial charge in [0.15, 0.2) is 5.58 Å². The summed E-state index contributed by atoms with van der Waals surface area (Å²) in [7, 11) is 0. The van der Waals surface area contributed by atoms with Crippen molar-refractivity contribution in [2.45, 2.75) is 6.42 Å². The Hall–Kier alpha value is -3.27. The lowest BCUT2D eigenvalue weighted by atomic mass is 10.0. The zero-order chi connectivity index (χ0) is 16.5. The SMILES string of the molecule is Nc1cc(N)cc(-c2nc3cccc(Cc4ccccc4)c3o2)c1. The summed E-state index contributed by atoms with van der Waals surface area (Å²) in [6.45, 7) is 0. The monoisotopic (exact) mass is 315 g/mol. The molecule has 0 saturated carbocycles. The van der Waals surface area contributed by atoms with Gasteiger partial charge >= 0.3 is 0 Å². The summed E-state index contributed by atoms with van der Waals surface area (Å²) in [6.07, 6.45) is 0.798. The van der Waals surface area contributed by atoms with Crippen LogP contribution in [0.15, 0.2) is 71.1 Å². The first-order valence-electron chi connectivity index (χ1n) is 7.78. The van der Waals surface area contributed by atoms with Gasteiger partial charge in [0, 0.05) is 28.9 Å². The number of nitrogens with zero attached hydrogens (tertiary/aromatic N) is 1. The lowest BCUT2D eigenvalue weighted by molar-refractivity contribution is 0.616. The van der Waals surface area contributed by atoms with Gasteiger partial charge in [-0.05, 0) is 29.8 Å². The Balaban J connectivity index is 1.79. The second kappa shape index (κ2) is 5.74. The maximum absolute atomic E-state index is 6.05. The Kier molecular flexibility index (Phi) is 3.43. The van der Waals surface area contributed by atoms with Crippen LogP contribution in [0, 0.1) is 0 Å². The molecule has 4 aromatic rings. The molecule has 0 unspecified atom stereocenters. The average molecular weight is 315 g/mol. The van der Waals surface area contributed by atoms with Crippen molar-refractivity contribution in [3.8, 4) is 11.5 Å². The molecule has 0 atom stereocenters. The van der Waals surface area contributed by atoms with E-state index in [-0.39, 0.29) is 0 Å². The molecule has 118 valence electrons. The lowest BCUT2D eigenvalue weighted by Gasteiger charge is -2.02. The van der Waals surface area contributed by atoms with Gasteiger partial charge in [-0.2, -0.15) is 0 Å². The van der Waals surface area contributed by atoms with Crippen molar-refractivity contribution in [1.29, 1.82) is 0 Å². The van der Waals surface area contributed by atoms with Gasteiger partial charge in [0.05, 0.1) is 0 Å². The van der Waals surface area contributed by atoms with Crippen LogP contribution in [-0.2, 0) is 6.42 Å². The number of nitrogens with two attached hydrogens (primary N) is 2. The average Bonchev–Trinajstić information content (AvgIpc) is 3.00. The minimum absolute atomic E-state index is 0.532. The number of fused-ring (bicyclic) bond motifs is 1. The third-order valence-electron chi connectivity index (χ3n) is 3.96. The molecule has 3 aromatic carbocycles. The number of para-hydroxylation sites is 1. The van der Waals surface area contributed by atoms with E-state index in [9.17, 15) is 0 Å². The van der Waals surface area contributed by atoms with Crippen molar-refractivity contribution < 1.29 is 4.42 Å². The van der Waals surface area contributed by atoms with Crippen LogP contribution < -0.4 is 11.5 Å². The fourth-order valence-electron chi connectivity index (χ4n) is 2.88. The van der Waals surface area contributed by atoms with E-state index in [1.165, 1.54) is 5.56 Å². The molecule has 0 fully saturated rings. The van der Waals surface area contributed by atoms with Crippen molar-refractivity contribution in [2.75, 3.05) is 11.5 Å². The number of rotatable bonds is 3. The predicted molar refractivity (Wildman–Crippen MR) is 97.5 cm³/mol. The Morgan fingerprint density at radius 1 is 0.833 bits per heavy atom. The van der Waals surface area contributed by atoms with Crippen LogP contribution in [-0.4, -0.2) is 4.98 Å². The zero-order valence-corrected chi connectivity index (χ0v) is 13.1. The van der Waals surface area contributed by atoms with Crippen molar-refractivity contribution in [3.63, 3.8) is 0 Å². The number of anilines is 2. The Morgan fingerprint density at radius 3 is 2.33 bits per heavy atom. The minimum Gasteiger partial charge on any atom is -0.436 e. The molecule has 4 heteroatoms. The Labute approximate surface area is 139 Å². The number of nitrogen functional groups attached to an aromatic ring is 2. The Bertz CT molecular complexity index is 986. The van der Waals surface area contributed by atoms with Crippen molar-refractivity contribution in [1.82, 2.24) is 4.98 Å². The van der Waals surface area contributed by atoms with Gasteiger partial charge in [0.25, 0.3) is 0 Å². The van der Waals surface area contributed by atoms with E-state index >= 15 is 0 Å². The first kappa shape index (κ1) is 14.3. The number of oxazole rings is 1. The number of hydrogen-bond acceptors (Lipinski definition) is 4. The molecule has 24 heavy (non-hydrogen) atoms. The lowest BCUT2D eigenvalue weighted by Crippen LogP contribution is -1.91. The summed E-state index contributed by atoms with van der Waals surface area (Å²) in [4.78, 5) is 4.59. The zero-order valence-electron chi connectivity index (χ0n) is 13.1.